The molecule has 0 bridgehead atoms. The molecule has 2 nitrogen and oxygen atoms in total. The van der Waals surface area contributed by atoms with Gasteiger partial charge < -0.3 is 10.1 Å². The molecule has 1 aliphatic heterocycles. The summed E-state index contributed by atoms with van der Waals surface area (Å²) in [5.41, 5.74) is 1.34. The van der Waals surface area contributed by atoms with Crippen LogP contribution in [-0.2, 0) is 4.74 Å². The van der Waals surface area contributed by atoms with E-state index in [1.165, 1.54) is 31.2 Å². The predicted molar refractivity (Wildman–Crippen MR) is 81.2 cm³/mol. The molecule has 1 saturated carbocycles. The van der Waals surface area contributed by atoms with Gasteiger partial charge in [0.1, 0.15) is 0 Å². The van der Waals surface area contributed by atoms with Crippen LogP contribution in [0.5, 0.6) is 0 Å². The Labute approximate surface area is 124 Å². The maximum absolute atomic E-state index is 6.56. The second kappa shape index (κ2) is 5.55. The van der Waals surface area contributed by atoms with E-state index in [9.17, 15) is 0 Å². The molecule has 3 heteroatoms. The highest BCUT2D eigenvalue weighted by atomic mass is 79.9. The van der Waals surface area contributed by atoms with Crippen molar-refractivity contribution in [3.05, 3.63) is 34.3 Å². The Morgan fingerprint density at radius 2 is 2.21 bits per heavy atom. The third-order valence-corrected chi connectivity index (χ3v) is 5.19. The zero-order chi connectivity index (χ0) is 13.3. The van der Waals surface area contributed by atoms with Gasteiger partial charge in [0.15, 0.2) is 0 Å². The normalized spacial score (nSPS) is 35.5. The molecule has 104 valence electrons. The molecular formula is C16H22BrNO. The van der Waals surface area contributed by atoms with Crippen LogP contribution in [0.1, 0.15) is 44.3 Å². The summed E-state index contributed by atoms with van der Waals surface area (Å²) in [6.45, 7) is 4.28. The SMILES string of the molecule is CC1CCCC2(CNCC(c3ccccc3Br)O2)C1. The van der Waals surface area contributed by atoms with Crippen LogP contribution in [0.4, 0.5) is 0 Å². The summed E-state index contributed by atoms with van der Waals surface area (Å²) in [4.78, 5) is 0. The Bertz CT molecular complexity index is 446. The van der Waals surface area contributed by atoms with Gasteiger partial charge in [0, 0.05) is 17.6 Å². The van der Waals surface area contributed by atoms with Crippen LogP contribution in [0.15, 0.2) is 28.7 Å². The van der Waals surface area contributed by atoms with Crippen LogP contribution in [0.25, 0.3) is 0 Å². The topological polar surface area (TPSA) is 21.3 Å². The molecule has 1 aliphatic carbocycles. The van der Waals surface area contributed by atoms with Crippen molar-refractivity contribution < 1.29 is 4.74 Å². The van der Waals surface area contributed by atoms with Crippen LogP contribution in [0.3, 0.4) is 0 Å². The Hall–Kier alpha value is -0.380. The van der Waals surface area contributed by atoms with Gasteiger partial charge in [0.2, 0.25) is 0 Å². The van der Waals surface area contributed by atoms with Gasteiger partial charge >= 0.3 is 0 Å². The molecule has 1 aromatic rings. The van der Waals surface area contributed by atoms with Gasteiger partial charge in [-0.1, -0.05) is 53.9 Å². The molecule has 1 saturated heterocycles. The van der Waals surface area contributed by atoms with E-state index in [2.05, 4.69) is 52.4 Å². The second-order valence-electron chi connectivity index (χ2n) is 6.14. The smallest absolute Gasteiger partial charge is 0.0968 e. The molecule has 1 aromatic carbocycles. The lowest BCUT2D eigenvalue weighted by atomic mass is 9.77. The minimum absolute atomic E-state index is 0.0653. The average molecular weight is 324 g/mol. The van der Waals surface area contributed by atoms with Crippen LogP contribution in [-0.4, -0.2) is 18.7 Å². The summed E-state index contributed by atoms with van der Waals surface area (Å²) in [5.74, 6) is 0.786. The van der Waals surface area contributed by atoms with Crippen molar-refractivity contribution in [2.24, 2.45) is 5.92 Å². The molecule has 3 atom stereocenters. The molecular weight excluding hydrogens is 302 g/mol. The fraction of sp³-hybridized carbons (Fsp3) is 0.625. The van der Waals surface area contributed by atoms with Crippen molar-refractivity contribution in [1.82, 2.24) is 5.32 Å². The van der Waals surface area contributed by atoms with E-state index in [0.29, 0.717) is 0 Å². The van der Waals surface area contributed by atoms with Crippen LogP contribution in [0, 0.1) is 5.92 Å². The van der Waals surface area contributed by atoms with Crippen molar-refractivity contribution >= 4 is 15.9 Å². The van der Waals surface area contributed by atoms with Crippen LogP contribution >= 0.6 is 15.9 Å². The van der Waals surface area contributed by atoms with Gasteiger partial charge in [-0.15, -0.1) is 0 Å². The van der Waals surface area contributed by atoms with E-state index in [-0.39, 0.29) is 11.7 Å². The Balaban J connectivity index is 1.80. The van der Waals surface area contributed by atoms with Crippen LogP contribution < -0.4 is 5.32 Å². The highest BCUT2D eigenvalue weighted by Crippen LogP contribution is 2.41. The number of hydrogen-bond donors (Lipinski definition) is 1. The first-order chi connectivity index (χ1) is 9.19. The number of ether oxygens (including phenoxy) is 1. The quantitative estimate of drug-likeness (QED) is 0.841. The summed E-state index contributed by atoms with van der Waals surface area (Å²) < 4.78 is 7.71. The lowest BCUT2D eigenvalue weighted by Crippen LogP contribution is -2.53. The summed E-state index contributed by atoms with van der Waals surface area (Å²) in [6, 6.07) is 8.42. The second-order valence-corrected chi connectivity index (χ2v) is 7.00. The minimum atomic E-state index is 0.0653. The van der Waals surface area contributed by atoms with Crippen LogP contribution in [0.2, 0.25) is 0 Å². The zero-order valence-electron chi connectivity index (χ0n) is 11.5. The molecule has 2 aliphatic rings. The van der Waals surface area contributed by atoms with E-state index in [4.69, 9.17) is 4.74 Å². The first kappa shape index (κ1) is 13.6. The van der Waals surface area contributed by atoms with Gasteiger partial charge in [-0.2, -0.15) is 0 Å². The number of benzene rings is 1. The summed E-state index contributed by atoms with van der Waals surface area (Å²) >= 11 is 3.65. The van der Waals surface area contributed by atoms with E-state index >= 15 is 0 Å². The summed E-state index contributed by atoms with van der Waals surface area (Å²) in [7, 11) is 0. The average Bonchev–Trinajstić information content (AvgIpc) is 2.39. The summed E-state index contributed by atoms with van der Waals surface area (Å²) in [5, 5.41) is 3.60. The van der Waals surface area contributed by atoms with Crippen molar-refractivity contribution in [2.75, 3.05) is 13.1 Å². The Morgan fingerprint density at radius 3 is 3.00 bits per heavy atom. The molecule has 1 N–H and O–H groups in total. The molecule has 1 spiro atoms. The Morgan fingerprint density at radius 1 is 1.37 bits per heavy atom. The monoisotopic (exact) mass is 323 g/mol. The first-order valence-electron chi connectivity index (χ1n) is 7.31. The van der Waals surface area contributed by atoms with Crippen molar-refractivity contribution in [1.29, 1.82) is 0 Å². The van der Waals surface area contributed by atoms with E-state index in [1.54, 1.807) is 0 Å². The molecule has 0 radical (unpaired) electrons. The molecule has 3 rings (SSSR count). The highest BCUT2D eigenvalue weighted by molar-refractivity contribution is 9.10. The number of nitrogens with one attached hydrogen (secondary N) is 1. The van der Waals surface area contributed by atoms with Gasteiger partial charge in [0.25, 0.3) is 0 Å². The third kappa shape index (κ3) is 2.88. The van der Waals surface area contributed by atoms with Crippen molar-refractivity contribution in [2.45, 2.75) is 44.3 Å². The number of rotatable bonds is 1. The molecule has 2 fully saturated rings. The lowest BCUT2D eigenvalue weighted by molar-refractivity contribution is -0.143. The maximum Gasteiger partial charge on any atom is 0.0968 e. The van der Waals surface area contributed by atoms with Gasteiger partial charge in [0.05, 0.1) is 11.7 Å². The Kier molecular flexibility index (Phi) is 3.97. The fourth-order valence-corrected chi connectivity index (χ4v) is 4.15. The highest BCUT2D eigenvalue weighted by Gasteiger charge is 2.40. The van der Waals surface area contributed by atoms with Crippen molar-refractivity contribution in [3.8, 4) is 0 Å². The van der Waals surface area contributed by atoms with E-state index < -0.39 is 0 Å². The molecule has 0 amide bonds. The van der Waals surface area contributed by atoms with Crippen molar-refractivity contribution in [3.63, 3.8) is 0 Å². The largest absolute Gasteiger partial charge is 0.364 e. The molecule has 19 heavy (non-hydrogen) atoms. The predicted octanol–water partition coefficient (Wildman–Crippen LogP) is 4.06. The minimum Gasteiger partial charge on any atom is -0.364 e. The molecule has 0 aromatic heterocycles. The first-order valence-corrected chi connectivity index (χ1v) is 8.11. The van der Waals surface area contributed by atoms with Gasteiger partial charge in [-0.05, 0) is 30.4 Å². The number of morpholine rings is 1. The standard InChI is InChI=1S/C16H22BrNO/c1-12-5-4-8-16(9-12)11-18-10-15(19-16)13-6-2-3-7-14(13)17/h2-3,6-7,12,15,18H,4-5,8-11H2,1H3. The fourth-order valence-electron chi connectivity index (χ4n) is 3.61. The molecule has 3 unspecified atom stereocenters. The van der Waals surface area contributed by atoms with E-state index in [0.717, 1.165) is 23.5 Å². The zero-order valence-corrected chi connectivity index (χ0v) is 13.1. The lowest BCUT2D eigenvalue weighted by Gasteiger charge is -2.46. The summed E-state index contributed by atoms with van der Waals surface area (Å²) in [6.07, 6.45) is 5.22. The van der Waals surface area contributed by atoms with E-state index in [1.807, 2.05) is 0 Å². The molecule has 1 heterocycles. The van der Waals surface area contributed by atoms with Gasteiger partial charge in [-0.25, -0.2) is 0 Å². The number of hydrogen-bond acceptors (Lipinski definition) is 2. The number of halogens is 1. The maximum atomic E-state index is 6.56. The third-order valence-electron chi connectivity index (χ3n) is 4.47. The van der Waals surface area contributed by atoms with Gasteiger partial charge in [-0.3, -0.25) is 0 Å².